The first-order valence-electron chi connectivity index (χ1n) is 8.98. The Morgan fingerprint density at radius 1 is 1.03 bits per heavy atom. The second kappa shape index (κ2) is 8.86. The molecule has 0 saturated carbocycles. The molecule has 30 heavy (non-hydrogen) atoms. The Bertz CT molecular complexity index is 1050. The summed E-state index contributed by atoms with van der Waals surface area (Å²) in [5.74, 6) is -2.04. The SMILES string of the molecule is CN(C)CCN1C(=O)C(=O)/C(=C(\O)c2ccc(Cl)c(Cl)c2)C1c1ccc(O)c(Cl)c1. The van der Waals surface area contributed by atoms with Crippen molar-refractivity contribution in [3.8, 4) is 5.75 Å². The van der Waals surface area contributed by atoms with Crippen LogP contribution in [0.4, 0.5) is 0 Å². The highest BCUT2D eigenvalue weighted by Gasteiger charge is 2.46. The number of aliphatic hydroxyl groups excluding tert-OH is 1. The van der Waals surface area contributed by atoms with E-state index < -0.39 is 17.7 Å². The Labute approximate surface area is 188 Å². The van der Waals surface area contributed by atoms with Crippen molar-refractivity contribution in [1.82, 2.24) is 9.80 Å². The highest BCUT2D eigenvalue weighted by atomic mass is 35.5. The van der Waals surface area contributed by atoms with Crippen molar-refractivity contribution in [2.75, 3.05) is 27.2 Å². The molecule has 0 spiro atoms. The summed E-state index contributed by atoms with van der Waals surface area (Å²) in [4.78, 5) is 29.0. The third-order valence-electron chi connectivity index (χ3n) is 4.81. The molecule has 1 saturated heterocycles. The molecular weight excluding hydrogens is 451 g/mol. The van der Waals surface area contributed by atoms with Gasteiger partial charge in [-0.2, -0.15) is 0 Å². The van der Waals surface area contributed by atoms with E-state index in [1.807, 2.05) is 19.0 Å². The van der Waals surface area contributed by atoms with Crippen molar-refractivity contribution >= 4 is 52.3 Å². The summed E-state index contributed by atoms with van der Waals surface area (Å²) >= 11 is 18.1. The van der Waals surface area contributed by atoms with Gasteiger partial charge in [0.2, 0.25) is 0 Å². The number of likely N-dealkylation sites (tertiary alicyclic amines) is 1. The number of rotatable bonds is 5. The number of carbonyl (C=O) groups is 2. The first-order chi connectivity index (χ1) is 14.1. The second-order valence-corrected chi connectivity index (χ2v) is 8.36. The zero-order chi connectivity index (χ0) is 22.2. The zero-order valence-electron chi connectivity index (χ0n) is 16.2. The first-order valence-corrected chi connectivity index (χ1v) is 10.1. The van der Waals surface area contributed by atoms with Crippen molar-refractivity contribution < 1.29 is 19.8 Å². The van der Waals surface area contributed by atoms with Gasteiger partial charge in [-0.05, 0) is 50.0 Å². The van der Waals surface area contributed by atoms with Crippen LogP contribution in [-0.4, -0.2) is 58.9 Å². The molecule has 0 radical (unpaired) electrons. The third-order valence-corrected chi connectivity index (χ3v) is 5.85. The summed E-state index contributed by atoms with van der Waals surface area (Å²) in [6.07, 6.45) is 0. The van der Waals surface area contributed by atoms with Crippen LogP contribution in [0.5, 0.6) is 5.75 Å². The zero-order valence-corrected chi connectivity index (χ0v) is 18.5. The fourth-order valence-corrected chi connectivity index (χ4v) is 3.74. The van der Waals surface area contributed by atoms with Gasteiger partial charge in [-0.3, -0.25) is 9.59 Å². The van der Waals surface area contributed by atoms with Crippen molar-refractivity contribution in [2.45, 2.75) is 6.04 Å². The van der Waals surface area contributed by atoms with Gasteiger partial charge in [-0.1, -0.05) is 40.9 Å². The number of aliphatic hydroxyl groups is 1. The Balaban J connectivity index is 2.19. The number of hydrogen-bond donors (Lipinski definition) is 2. The maximum Gasteiger partial charge on any atom is 0.295 e. The number of phenols is 1. The van der Waals surface area contributed by atoms with Crippen molar-refractivity contribution in [3.63, 3.8) is 0 Å². The van der Waals surface area contributed by atoms with E-state index in [1.54, 1.807) is 6.07 Å². The van der Waals surface area contributed by atoms with E-state index in [0.29, 0.717) is 17.1 Å². The van der Waals surface area contributed by atoms with Crippen LogP contribution in [0.25, 0.3) is 5.76 Å². The number of amides is 1. The number of hydrogen-bond acceptors (Lipinski definition) is 5. The lowest BCUT2D eigenvalue weighted by atomic mass is 9.95. The van der Waals surface area contributed by atoms with Crippen molar-refractivity contribution in [2.24, 2.45) is 0 Å². The summed E-state index contributed by atoms with van der Waals surface area (Å²) in [6, 6.07) is 7.96. The molecule has 0 aromatic heterocycles. The number of halogens is 3. The maximum absolute atomic E-state index is 12.9. The van der Waals surface area contributed by atoms with Gasteiger partial charge in [0, 0.05) is 18.7 Å². The minimum Gasteiger partial charge on any atom is -0.507 e. The van der Waals surface area contributed by atoms with Gasteiger partial charge in [0.25, 0.3) is 11.7 Å². The van der Waals surface area contributed by atoms with Gasteiger partial charge in [0.15, 0.2) is 0 Å². The van der Waals surface area contributed by atoms with Crippen LogP contribution >= 0.6 is 34.8 Å². The summed E-state index contributed by atoms with van der Waals surface area (Å²) in [5.41, 5.74) is 0.654. The number of likely N-dealkylation sites (N-methyl/N-ethyl adjacent to an activating group) is 1. The summed E-state index contributed by atoms with van der Waals surface area (Å²) < 4.78 is 0. The number of Topliss-reactive ketones (excluding diaryl/α,β-unsaturated/α-hetero) is 1. The molecule has 1 fully saturated rings. The molecule has 9 heteroatoms. The molecule has 1 aliphatic heterocycles. The average molecular weight is 470 g/mol. The molecule has 2 aromatic rings. The van der Waals surface area contributed by atoms with E-state index in [4.69, 9.17) is 34.8 Å². The minimum absolute atomic E-state index is 0.0697. The predicted molar refractivity (Wildman–Crippen MR) is 117 cm³/mol. The molecule has 2 aromatic carbocycles. The lowest BCUT2D eigenvalue weighted by Crippen LogP contribution is -2.35. The highest BCUT2D eigenvalue weighted by molar-refractivity contribution is 6.47. The lowest BCUT2D eigenvalue weighted by Gasteiger charge is -2.26. The topological polar surface area (TPSA) is 81.1 Å². The Hall–Kier alpha value is -2.25. The number of carbonyl (C=O) groups excluding carboxylic acids is 2. The fourth-order valence-electron chi connectivity index (χ4n) is 3.26. The van der Waals surface area contributed by atoms with E-state index in [1.165, 1.54) is 35.2 Å². The smallest absolute Gasteiger partial charge is 0.295 e. The van der Waals surface area contributed by atoms with Crippen LogP contribution < -0.4 is 0 Å². The highest BCUT2D eigenvalue weighted by Crippen LogP contribution is 2.41. The summed E-state index contributed by atoms with van der Waals surface area (Å²) in [5, 5.41) is 21.3. The molecule has 158 valence electrons. The van der Waals surface area contributed by atoms with E-state index in [2.05, 4.69) is 0 Å². The maximum atomic E-state index is 12.9. The molecule has 0 bridgehead atoms. The largest absolute Gasteiger partial charge is 0.507 e. The Morgan fingerprint density at radius 3 is 2.33 bits per heavy atom. The summed E-state index contributed by atoms with van der Waals surface area (Å²) in [7, 11) is 3.69. The van der Waals surface area contributed by atoms with Gasteiger partial charge in [-0.15, -0.1) is 0 Å². The molecule has 1 aliphatic rings. The van der Waals surface area contributed by atoms with Gasteiger partial charge < -0.3 is 20.0 Å². The molecule has 0 aliphatic carbocycles. The molecule has 1 heterocycles. The third kappa shape index (κ3) is 4.27. The van der Waals surface area contributed by atoms with Gasteiger partial charge in [0.1, 0.15) is 11.5 Å². The molecule has 1 amide bonds. The van der Waals surface area contributed by atoms with E-state index in [9.17, 15) is 19.8 Å². The number of ketones is 1. The van der Waals surface area contributed by atoms with Crippen LogP contribution in [-0.2, 0) is 9.59 Å². The quantitative estimate of drug-likeness (QED) is 0.387. The number of phenolic OH excluding ortho intramolecular Hbond substituents is 1. The normalized spacial score (nSPS) is 18.5. The van der Waals surface area contributed by atoms with E-state index in [0.717, 1.165) is 0 Å². The van der Waals surface area contributed by atoms with Gasteiger partial charge in [-0.25, -0.2) is 0 Å². The van der Waals surface area contributed by atoms with Crippen LogP contribution in [0.15, 0.2) is 42.0 Å². The molecule has 1 atom stereocenters. The number of benzene rings is 2. The molecule has 6 nitrogen and oxygen atoms in total. The second-order valence-electron chi connectivity index (χ2n) is 7.14. The van der Waals surface area contributed by atoms with Crippen LogP contribution in [0.3, 0.4) is 0 Å². The van der Waals surface area contributed by atoms with Crippen molar-refractivity contribution in [3.05, 3.63) is 68.2 Å². The van der Waals surface area contributed by atoms with E-state index >= 15 is 0 Å². The summed E-state index contributed by atoms with van der Waals surface area (Å²) in [6.45, 7) is 0.751. The van der Waals surface area contributed by atoms with Gasteiger partial charge >= 0.3 is 0 Å². The Morgan fingerprint density at radius 2 is 1.73 bits per heavy atom. The first kappa shape index (κ1) is 22.4. The van der Waals surface area contributed by atoms with Crippen molar-refractivity contribution in [1.29, 1.82) is 0 Å². The molecule has 1 unspecified atom stereocenters. The Kier molecular flexibility index (Phi) is 6.62. The number of aromatic hydroxyl groups is 1. The van der Waals surface area contributed by atoms with Gasteiger partial charge in [0.05, 0.1) is 26.7 Å². The molecule has 2 N–H and O–H groups in total. The standard InChI is InChI=1S/C21H19Cl3N2O4/c1-25(2)7-8-26-18(11-4-6-16(27)15(24)9-11)17(20(29)21(26)30)19(28)12-3-5-13(22)14(23)10-12/h3-6,9-10,18,27-28H,7-8H2,1-2H3/b19-17-. The van der Waals surface area contributed by atoms with Crippen LogP contribution in [0.2, 0.25) is 15.1 Å². The van der Waals surface area contributed by atoms with Crippen LogP contribution in [0, 0.1) is 0 Å². The minimum atomic E-state index is -0.877. The van der Waals surface area contributed by atoms with E-state index in [-0.39, 0.29) is 39.2 Å². The number of nitrogens with zero attached hydrogens (tertiary/aromatic N) is 2. The molecular formula is C21H19Cl3N2O4. The average Bonchev–Trinajstić information content (AvgIpc) is 2.94. The molecule has 3 rings (SSSR count). The monoisotopic (exact) mass is 468 g/mol. The lowest BCUT2D eigenvalue weighted by molar-refractivity contribution is -0.140. The van der Waals surface area contributed by atoms with Crippen LogP contribution in [0.1, 0.15) is 17.2 Å². The fraction of sp³-hybridized carbons (Fsp3) is 0.238. The predicted octanol–water partition coefficient (Wildman–Crippen LogP) is 4.34.